The molecule has 0 aliphatic rings. The zero-order valence-electron chi connectivity index (χ0n) is 14.1. The Kier molecular flexibility index (Phi) is 10.4. The molecule has 0 spiro atoms. The highest BCUT2D eigenvalue weighted by Crippen LogP contribution is 2.12. The third-order valence-corrected chi connectivity index (χ3v) is 3.70. The average Bonchev–Trinajstić information content (AvgIpc) is 2.98. The number of carboxylic acids is 1. The van der Waals surface area contributed by atoms with E-state index in [9.17, 15) is 4.79 Å². The molecule has 0 aliphatic carbocycles. The van der Waals surface area contributed by atoms with Crippen LogP contribution in [0.15, 0.2) is 22.8 Å². The molecular formula is C20H28O3. The Labute approximate surface area is 139 Å². The van der Waals surface area contributed by atoms with Crippen molar-refractivity contribution in [2.24, 2.45) is 0 Å². The second kappa shape index (κ2) is 12.6. The van der Waals surface area contributed by atoms with Gasteiger partial charge < -0.3 is 9.52 Å². The van der Waals surface area contributed by atoms with Gasteiger partial charge in [0.15, 0.2) is 0 Å². The van der Waals surface area contributed by atoms with Gasteiger partial charge in [-0.25, -0.2) is 4.79 Å². The van der Waals surface area contributed by atoms with E-state index >= 15 is 0 Å². The summed E-state index contributed by atoms with van der Waals surface area (Å²) in [6.07, 6.45) is 16.7. The van der Waals surface area contributed by atoms with Crippen LogP contribution in [0.25, 0.3) is 6.08 Å². The van der Waals surface area contributed by atoms with Crippen molar-refractivity contribution in [2.75, 3.05) is 0 Å². The molecule has 1 aromatic heterocycles. The van der Waals surface area contributed by atoms with Gasteiger partial charge in [-0.3, -0.25) is 0 Å². The van der Waals surface area contributed by atoms with Crippen LogP contribution < -0.4 is 0 Å². The molecule has 0 saturated carbocycles. The van der Waals surface area contributed by atoms with Crippen molar-refractivity contribution in [3.8, 4) is 11.8 Å². The van der Waals surface area contributed by atoms with Gasteiger partial charge in [0.05, 0.1) is 11.8 Å². The summed E-state index contributed by atoms with van der Waals surface area (Å²) in [5, 5.41) is 8.62. The van der Waals surface area contributed by atoms with Crippen LogP contribution in [0, 0.1) is 11.8 Å². The number of rotatable bonds is 11. The van der Waals surface area contributed by atoms with Crippen LogP contribution in [-0.2, 0) is 4.79 Å². The minimum Gasteiger partial charge on any atom is -0.478 e. The lowest BCUT2D eigenvalue weighted by molar-refractivity contribution is -0.131. The normalized spacial score (nSPS) is 10.7. The smallest absolute Gasteiger partial charge is 0.328 e. The quantitative estimate of drug-likeness (QED) is 0.326. The molecule has 0 fully saturated rings. The molecule has 126 valence electrons. The van der Waals surface area contributed by atoms with Gasteiger partial charge in [-0.2, -0.15) is 0 Å². The number of carboxylic acid groups (broad SMARTS) is 1. The van der Waals surface area contributed by atoms with E-state index in [2.05, 4.69) is 18.8 Å². The van der Waals surface area contributed by atoms with E-state index in [0.29, 0.717) is 5.76 Å². The average molecular weight is 316 g/mol. The summed E-state index contributed by atoms with van der Waals surface area (Å²) < 4.78 is 5.21. The van der Waals surface area contributed by atoms with Crippen LogP contribution in [0.3, 0.4) is 0 Å². The lowest BCUT2D eigenvalue weighted by atomic mass is 10.1. The summed E-state index contributed by atoms with van der Waals surface area (Å²) in [5.41, 5.74) is 0.749. The first kappa shape index (κ1) is 19.1. The molecule has 0 aliphatic heterocycles. The Bertz CT molecular complexity index is 529. The third-order valence-electron chi connectivity index (χ3n) is 3.70. The molecule has 23 heavy (non-hydrogen) atoms. The van der Waals surface area contributed by atoms with Crippen LogP contribution in [0.2, 0.25) is 0 Å². The van der Waals surface area contributed by atoms with Gasteiger partial charge in [-0.15, -0.1) is 0 Å². The van der Waals surface area contributed by atoms with Crippen LogP contribution >= 0.6 is 0 Å². The zero-order chi connectivity index (χ0) is 16.8. The van der Waals surface area contributed by atoms with E-state index in [4.69, 9.17) is 9.52 Å². The highest BCUT2D eigenvalue weighted by Gasteiger charge is 2.00. The van der Waals surface area contributed by atoms with Crippen molar-refractivity contribution in [1.29, 1.82) is 0 Å². The first-order valence-corrected chi connectivity index (χ1v) is 8.71. The van der Waals surface area contributed by atoms with E-state index in [1.54, 1.807) is 6.07 Å². The number of unbranched alkanes of at least 4 members (excludes halogenated alkanes) is 9. The number of hydrogen-bond acceptors (Lipinski definition) is 2. The van der Waals surface area contributed by atoms with Crippen molar-refractivity contribution in [3.05, 3.63) is 29.7 Å². The number of furan rings is 1. The molecule has 1 aromatic rings. The number of carbonyl (C=O) groups is 1. The maximum atomic E-state index is 10.5. The van der Waals surface area contributed by atoms with Gasteiger partial charge in [0.1, 0.15) is 5.76 Å². The second-order valence-electron chi connectivity index (χ2n) is 5.75. The molecule has 0 radical (unpaired) electrons. The fraction of sp³-hybridized carbons (Fsp3) is 0.550. The summed E-state index contributed by atoms with van der Waals surface area (Å²) in [6.45, 7) is 2.25. The molecule has 1 rings (SSSR count). The summed E-state index contributed by atoms with van der Waals surface area (Å²) in [5.74, 6) is 5.71. The molecule has 0 amide bonds. The SMILES string of the molecule is CCCCCCCCCCCC#Cc1ccoc1C=CC(=O)O. The van der Waals surface area contributed by atoms with E-state index in [0.717, 1.165) is 24.5 Å². The lowest BCUT2D eigenvalue weighted by Crippen LogP contribution is -1.85. The predicted molar refractivity (Wildman–Crippen MR) is 94.1 cm³/mol. The van der Waals surface area contributed by atoms with Crippen LogP contribution in [0.4, 0.5) is 0 Å². The minimum atomic E-state index is -0.991. The number of aliphatic carboxylic acids is 1. The standard InChI is InChI=1S/C20H28O3/c1-2-3-4-5-6-7-8-9-10-11-12-13-18-16-17-23-19(18)14-15-20(21)22/h14-17H,2-11H2,1H3,(H,21,22). The molecule has 3 nitrogen and oxygen atoms in total. The monoisotopic (exact) mass is 316 g/mol. The minimum absolute atomic E-state index is 0.506. The first-order chi connectivity index (χ1) is 11.2. The Morgan fingerprint density at radius 1 is 1.13 bits per heavy atom. The summed E-state index contributed by atoms with van der Waals surface area (Å²) in [6, 6.07) is 1.77. The van der Waals surface area contributed by atoms with E-state index in [-0.39, 0.29) is 0 Å². The number of hydrogen-bond donors (Lipinski definition) is 1. The molecule has 0 unspecified atom stereocenters. The van der Waals surface area contributed by atoms with Gasteiger partial charge in [0.2, 0.25) is 0 Å². The predicted octanol–water partition coefficient (Wildman–Crippen LogP) is 5.65. The highest BCUT2D eigenvalue weighted by molar-refractivity contribution is 5.85. The maximum Gasteiger partial charge on any atom is 0.328 e. The lowest BCUT2D eigenvalue weighted by Gasteiger charge is -2.00. The maximum absolute atomic E-state index is 10.5. The van der Waals surface area contributed by atoms with Gasteiger partial charge in [-0.05, 0) is 18.6 Å². The Morgan fingerprint density at radius 3 is 2.43 bits per heavy atom. The zero-order valence-corrected chi connectivity index (χ0v) is 14.1. The van der Waals surface area contributed by atoms with Crippen molar-refractivity contribution in [1.82, 2.24) is 0 Å². The second-order valence-corrected chi connectivity index (χ2v) is 5.75. The van der Waals surface area contributed by atoms with Gasteiger partial charge in [-0.1, -0.05) is 70.1 Å². The van der Waals surface area contributed by atoms with E-state index < -0.39 is 5.97 Å². The van der Waals surface area contributed by atoms with Gasteiger partial charge in [0, 0.05) is 12.5 Å². The molecule has 0 aromatic carbocycles. The fourth-order valence-electron chi connectivity index (χ4n) is 2.38. The Hall–Kier alpha value is -1.95. The first-order valence-electron chi connectivity index (χ1n) is 8.71. The summed E-state index contributed by atoms with van der Waals surface area (Å²) >= 11 is 0. The van der Waals surface area contributed by atoms with Crippen molar-refractivity contribution in [3.63, 3.8) is 0 Å². The van der Waals surface area contributed by atoms with Crippen LogP contribution in [0.5, 0.6) is 0 Å². The van der Waals surface area contributed by atoms with E-state index in [1.807, 2.05) is 0 Å². The van der Waals surface area contributed by atoms with Gasteiger partial charge >= 0.3 is 5.97 Å². The summed E-state index contributed by atoms with van der Waals surface area (Å²) in [7, 11) is 0. The Morgan fingerprint density at radius 2 is 1.78 bits per heavy atom. The van der Waals surface area contributed by atoms with Crippen molar-refractivity contribution in [2.45, 2.75) is 71.1 Å². The van der Waals surface area contributed by atoms with Gasteiger partial charge in [0.25, 0.3) is 0 Å². The Balaban J connectivity index is 2.14. The fourth-order valence-corrected chi connectivity index (χ4v) is 2.38. The summed E-state index contributed by atoms with van der Waals surface area (Å²) in [4.78, 5) is 10.5. The molecule has 1 heterocycles. The molecule has 0 bridgehead atoms. The van der Waals surface area contributed by atoms with Crippen LogP contribution in [0.1, 0.15) is 82.5 Å². The largest absolute Gasteiger partial charge is 0.478 e. The molecule has 3 heteroatoms. The molecule has 0 saturated heterocycles. The molecular weight excluding hydrogens is 288 g/mol. The topological polar surface area (TPSA) is 50.4 Å². The van der Waals surface area contributed by atoms with Crippen molar-refractivity contribution < 1.29 is 14.3 Å². The molecule has 0 atom stereocenters. The van der Waals surface area contributed by atoms with E-state index in [1.165, 1.54) is 63.7 Å². The third kappa shape index (κ3) is 9.63. The molecule has 1 N–H and O–H groups in total. The van der Waals surface area contributed by atoms with Crippen LogP contribution in [-0.4, -0.2) is 11.1 Å². The highest BCUT2D eigenvalue weighted by atomic mass is 16.4. The van der Waals surface area contributed by atoms with Crippen molar-refractivity contribution >= 4 is 12.0 Å².